The van der Waals surface area contributed by atoms with Gasteiger partial charge < -0.3 is 10.1 Å². The highest BCUT2D eigenvalue weighted by molar-refractivity contribution is 9.10. The Bertz CT molecular complexity index is 543. The Morgan fingerprint density at radius 3 is 2.81 bits per heavy atom. The molecule has 0 radical (unpaired) electrons. The first kappa shape index (κ1) is 16.0. The molecule has 5 heteroatoms. The van der Waals surface area contributed by atoms with Gasteiger partial charge >= 0.3 is 0 Å². The molecule has 0 aliphatic carbocycles. The van der Waals surface area contributed by atoms with E-state index in [1.807, 2.05) is 0 Å². The number of fused-ring (bicyclic) bond motifs is 1. The Balaban J connectivity index is 1.99. The quantitative estimate of drug-likeness (QED) is 0.586. The molecule has 0 spiro atoms. The molecule has 0 bridgehead atoms. The lowest BCUT2D eigenvalue weighted by molar-refractivity contribution is -0.118. The number of anilines is 1. The lowest BCUT2D eigenvalue weighted by Gasteiger charge is -2.19. The number of carbonyl (C=O) groups is 2. The summed E-state index contributed by atoms with van der Waals surface area (Å²) >= 11 is 3.40. The Morgan fingerprint density at radius 1 is 1.29 bits per heavy atom. The molecular weight excluding hydrogens is 334 g/mol. The van der Waals surface area contributed by atoms with Crippen LogP contribution in [0.25, 0.3) is 0 Å². The first-order valence-corrected chi connectivity index (χ1v) is 8.20. The van der Waals surface area contributed by atoms with Crippen LogP contribution in [-0.2, 0) is 4.79 Å². The van der Waals surface area contributed by atoms with E-state index in [9.17, 15) is 9.59 Å². The fourth-order valence-corrected chi connectivity index (χ4v) is 2.90. The third-order valence-electron chi connectivity index (χ3n) is 3.51. The minimum Gasteiger partial charge on any atom is -0.482 e. The number of carbonyl (C=O) groups excluding carboxylic acids is 2. The van der Waals surface area contributed by atoms with Gasteiger partial charge in [-0.15, -0.1) is 0 Å². The van der Waals surface area contributed by atoms with Gasteiger partial charge in [0.25, 0.3) is 5.91 Å². The Morgan fingerprint density at radius 2 is 2.05 bits per heavy atom. The molecule has 0 atom stereocenters. The van der Waals surface area contributed by atoms with Crippen molar-refractivity contribution in [2.75, 3.05) is 11.9 Å². The van der Waals surface area contributed by atoms with Crippen molar-refractivity contribution in [2.24, 2.45) is 0 Å². The van der Waals surface area contributed by atoms with Crippen LogP contribution in [0.15, 0.2) is 16.6 Å². The zero-order valence-corrected chi connectivity index (χ0v) is 13.8. The SMILES string of the molecule is CCCCCCCC(=O)c1cc2c(cc1Br)NC(=O)CO2. The third kappa shape index (κ3) is 4.30. The summed E-state index contributed by atoms with van der Waals surface area (Å²) in [6.45, 7) is 2.17. The number of amides is 1. The van der Waals surface area contributed by atoms with Crippen molar-refractivity contribution in [3.05, 3.63) is 22.2 Å². The molecule has 114 valence electrons. The molecule has 0 fully saturated rings. The van der Waals surface area contributed by atoms with Crippen molar-refractivity contribution in [2.45, 2.75) is 45.4 Å². The number of ketones is 1. The second-order valence-electron chi connectivity index (χ2n) is 5.25. The van der Waals surface area contributed by atoms with Crippen LogP contribution in [-0.4, -0.2) is 18.3 Å². The van der Waals surface area contributed by atoms with Gasteiger partial charge in [0.1, 0.15) is 5.75 Å². The molecule has 1 N–H and O–H groups in total. The van der Waals surface area contributed by atoms with Crippen LogP contribution in [0, 0.1) is 0 Å². The molecular formula is C16H20BrNO3. The molecule has 2 rings (SSSR count). The lowest BCUT2D eigenvalue weighted by atomic mass is 10.0. The zero-order valence-electron chi connectivity index (χ0n) is 12.2. The van der Waals surface area contributed by atoms with Crippen molar-refractivity contribution in [1.29, 1.82) is 0 Å². The van der Waals surface area contributed by atoms with E-state index in [0.29, 0.717) is 27.9 Å². The third-order valence-corrected chi connectivity index (χ3v) is 4.17. The van der Waals surface area contributed by atoms with E-state index in [2.05, 4.69) is 28.2 Å². The predicted molar refractivity (Wildman–Crippen MR) is 86.0 cm³/mol. The van der Waals surface area contributed by atoms with Gasteiger partial charge in [0.15, 0.2) is 12.4 Å². The average molecular weight is 354 g/mol. The molecule has 4 nitrogen and oxygen atoms in total. The summed E-state index contributed by atoms with van der Waals surface area (Å²) in [6.07, 6.45) is 6.17. The Labute approximate surface area is 133 Å². The number of rotatable bonds is 7. The first-order chi connectivity index (χ1) is 10.1. The smallest absolute Gasteiger partial charge is 0.262 e. The van der Waals surface area contributed by atoms with Gasteiger partial charge in [0, 0.05) is 16.5 Å². The van der Waals surface area contributed by atoms with Crippen molar-refractivity contribution in [3.8, 4) is 5.75 Å². The van der Waals surface area contributed by atoms with Gasteiger partial charge in [-0.1, -0.05) is 32.6 Å². The van der Waals surface area contributed by atoms with E-state index in [1.165, 1.54) is 19.3 Å². The van der Waals surface area contributed by atoms with Crippen molar-refractivity contribution in [1.82, 2.24) is 0 Å². The van der Waals surface area contributed by atoms with E-state index in [0.717, 1.165) is 12.8 Å². The van der Waals surface area contributed by atoms with Gasteiger partial charge in [0.2, 0.25) is 0 Å². The summed E-state index contributed by atoms with van der Waals surface area (Å²) < 4.78 is 6.05. The molecule has 1 amide bonds. The standard InChI is InChI=1S/C16H20BrNO3/c1-2-3-4-5-6-7-14(19)11-8-15-13(9-12(11)17)18-16(20)10-21-15/h8-9H,2-7,10H2,1H3,(H,18,20). The number of hydrogen-bond donors (Lipinski definition) is 1. The van der Waals surface area contributed by atoms with Gasteiger partial charge in [-0.25, -0.2) is 0 Å². The summed E-state index contributed by atoms with van der Waals surface area (Å²) in [5, 5.41) is 2.73. The summed E-state index contributed by atoms with van der Waals surface area (Å²) in [5.41, 5.74) is 1.23. The van der Waals surface area contributed by atoms with E-state index < -0.39 is 0 Å². The van der Waals surface area contributed by atoms with Crippen LogP contribution in [0.5, 0.6) is 5.75 Å². The van der Waals surface area contributed by atoms with Crippen molar-refractivity contribution >= 4 is 33.3 Å². The van der Waals surface area contributed by atoms with Crippen LogP contribution < -0.4 is 10.1 Å². The Hall–Kier alpha value is -1.36. The van der Waals surface area contributed by atoms with Crippen LogP contribution >= 0.6 is 15.9 Å². The largest absolute Gasteiger partial charge is 0.482 e. The summed E-state index contributed by atoms with van der Waals surface area (Å²) in [6, 6.07) is 3.45. The lowest BCUT2D eigenvalue weighted by Crippen LogP contribution is -2.25. The minimum absolute atomic E-state index is 0.000714. The van der Waals surface area contributed by atoms with E-state index in [4.69, 9.17) is 4.74 Å². The summed E-state index contributed by atoms with van der Waals surface area (Å²) in [4.78, 5) is 23.5. The molecule has 0 aromatic heterocycles. The molecule has 1 aromatic rings. The summed E-state index contributed by atoms with van der Waals surface area (Å²) in [7, 11) is 0. The number of ether oxygens (including phenoxy) is 1. The van der Waals surface area contributed by atoms with Gasteiger partial charge in [0.05, 0.1) is 5.69 Å². The van der Waals surface area contributed by atoms with Crippen LogP contribution in [0.1, 0.15) is 55.8 Å². The topological polar surface area (TPSA) is 55.4 Å². The molecule has 21 heavy (non-hydrogen) atoms. The van der Waals surface area contributed by atoms with Gasteiger partial charge in [-0.3, -0.25) is 9.59 Å². The molecule has 1 aromatic carbocycles. The molecule has 1 aliphatic rings. The zero-order chi connectivity index (χ0) is 15.2. The van der Waals surface area contributed by atoms with Crippen molar-refractivity contribution in [3.63, 3.8) is 0 Å². The predicted octanol–water partition coefficient (Wildman–Crippen LogP) is 4.32. The van der Waals surface area contributed by atoms with Crippen LogP contribution in [0.4, 0.5) is 5.69 Å². The monoisotopic (exact) mass is 353 g/mol. The molecule has 0 saturated heterocycles. The number of unbranched alkanes of at least 4 members (excludes halogenated alkanes) is 4. The summed E-state index contributed by atoms with van der Waals surface area (Å²) in [5.74, 6) is 0.498. The second-order valence-corrected chi connectivity index (χ2v) is 6.11. The maximum atomic E-state index is 12.3. The maximum absolute atomic E-state index is 12.3. The van der Waals surface area contributed by atoms with Crippen LogP contribution in [0.3, 0.4) is 0 Å². The van der Waals surface area contributed by atoms with Crippen molar-refractivity contribution < 1.29 is 14.3 Å². The molecule has 0 saturated carbocycles. The van der Waals surface area contributed by atoms with E-state index in [-0.39, 0.29) is 18.3 Å². The highest BCUT2D eigenvalue weighted by Crippen LogP contribution is 2.34. The second kappa shape index (κ2) is 7.59. The normalized spacial score (nSPS) is 13.3. The highest BCUT2D eigenvalue weighted by atomic mass is 79.9. The highest BCUT2D eigenvalue weighted by Gasteiger charge is 2.20. The number of benzene rings is 1. The molecule has 1 aliphatic heterocycles. The fraction of sp³-hybridized carbons (Fsp3) is 0.500. The molecule has 0 unspecified atom stereocenters. The number of nitrogens with one attached hydrogen (secondary N) is 1. The average Bonchev–Trinajstić information content (AvgIpc) is 2.46. The maximum Gasteiger partial charge on any atom is 0.262 e. The first-order valence-electron chi connectivity index (χ1n) is 7.41. The fourth-order valence-electron chi connectivity index (χ4n) is 2.34. The number of hydrogen-bond acceptors (Lipinski definition) is 3. The Kier molecular flexibility index (Phi) is 5.79. The van der Waals surface area contributed by atoms with E-state index >= 15 is 0 Å². The van der Waals surface area contributed by atoms with Gasteiger partial charge in [-0.05, 0) is 34.5 Å². The minimum atomic E-state index is -0.176. The number of halogens is 1. The molecule has 1 heterocycles. The van der Waals surface area contributed by atoms with E-state index in [1.54, 1.807) is 12.1 Å². The van der Waals surface area contributed by atoms with Crippen LogP contribution in [0.2, 0.25) is 0 Å². The number of Topliss-reactive ketones (excluding diaryl/α,β-unsaturated/α-hetero) is 1. The van der Waals surface area contributed by atoms with Gasteiger partial charge in [-0.2, -0.15) is 0 Å².